The van der Waals surface area contributed by atoms with Gasteiger partial charge < -0.3 is 14.5 Å². The number of nitrogens with one attached hydrogen (secondary N) is 1. The lowest BCUT2D eigenvalue weighted by Gasteiger charge is -2.22. The molecule has 1 unspecified atom stereocenters. The van der Waals surface area contributed by atoms with Crippen molar-refractivity contribution in [3.05, 3.63) is 87.2 Å². The number of hydrogen-bond donors (Lipinski definition) is 1. The molecule has 0 saturated carbocycles. The molecule has 4 heteroatoms. The molecule has 0 aliphatic carbocycles. The molecule has 1 saturated heterocycles. The van der Waals surface area contributed by atoms with E-state index in [0.29, 0.717) is 12.5 Å². The van der Waals surface area contributed by atoms with Crippen molar-refractivity contribution in [2.75, 3.05) is 13.2 Å². The number of rotatable bonds is 11. The van der Waals surface area contributed by atoms with E-state index in [1.54, 1.807) is 6.07 Å². The molecule has 0 spiro atoms. The summed E-state index contributed by atoms with van der Waals surface area (Å²) < 4.78 is 11.8. The van der Waals surface area contributed by atoms with Crippen LogP contribution in [0.1, 0.15) is 68.3 Å². The normalized spacial score (nSPS) is 15.8. The molecular weight excluding hydrogens is 434 g/mol. The minimum Gasteiger partial charge on any atom is -0.476 e. The molecule has 1 aromatic heterocycles. The lowest BCUT2D eigenvalue weighted by Crippen LogP contribution is -2.26. The molecule has 35 heavy (non-hydrogen) atoms. The molecule has 186 valence electrons. The first kappa shape index (κ1) is 25.2. The Hall–Kier alpha value is -2.85. The first-order valence-electron chi connectivity index (χ1n) is 13.3. The molecule has 1 N–H and O–H groups in total. The van der Waals surface area contributed by atoms with Crippen molar-refractivity contribution in [3.8, 4) is 17.0 Å². The van der Waals surface area contributed by atoms with E-state index in [1.807, 2.05) is 0 Å². The van der Waals surface area contributed by atoms with Gasteiger partial charge in [-0.05, 0) is 67.2 Å². The van der Waals surface area contributed by atoms with Gasteiger partial charge in [-0.1, -0.05) is 75.2 Å². The molecule has 0 amide bonds. The highest BCUT2D eigenvalue weighted by Gasteiger charge is 2.17. The second-order valence-electron chi connectivity index (χ2n) is 9.66. The fraction of sp³-hybridized carbons (Fsp3) is 0.452. The summed E-state index contributed by atoms with van der Waals surface area (Å²) in [5, 5.41) is 0. The van der Waals surface area contributed by atoms with Crippen LogP contribution < -0.4 is 10.2 Å². The smallest absolute Gasteiger partial charge is 0.194 e. The number of hydrogen-bond acceptors (Lipinski definition) is 3. The van der Waals surface area contributed by atoms with Gasteiger partial charge in [-0.25, -0.2) is 0 Å². The van der Waals surface area contributed by atoms with Crippen LogP contribution in [0, 0.1) is 0 Å². The van der Waals surface area contributed by atoms with Crippen LogP contribution in [0.3, 0.4) is 0 Å². The van der Waals surface area contributed by atoms with Crippen molar-refractivity contribution in [2.45, 2.75) is 77.7 Å². The number of aryl methyl sites for hydroxylation is 4. The molecular formula is C31H39NO3. The second kappa shape index (κ2) is 12.7. The van der Waals surface area contributed by atoms with Crippen LogP contribution >= 0.6 is 0 Å². The summed E-state index contributed by atoms with van der Waals surface area (Å²) in [6, 6.07) is 18.9. The summed E-state index contributed by atoms with van der Waals surface area (Å²) in [5.41, 5.74) is 6.58. The maximum absolute atomic E-state index is 13.3. The molecule has 1 aliphatic rings. The van der Waals surface area contributed by atoms with Crippen LogP contribution in [0.5, 0.6) is 5.88 Å². The third-order valence-corrected chi connectivity index (χ3v) is 6.79. The average Bonchev–Trinajstić information content (AvgIpc) is 2.88. The van der Waals surface area contributed by atoms with Crippen LogP contribution in [-0.4, -0.2) is 24.3 Å². The Kier molecular flexibility index (Phi) is 9.19. The Bertz CT molecular complexity index is 1110. The molecule has 0 radical (unpaired) electrons. The van der Waals surface area contributed by atoms with E-state index < -0.39 is 0 Å². The van der Waals surface area contributed by atoms with Crippen molar-refractivity contribution in [1.29, 1.82) is 0 Å². The summed E-state index contributed by atoms with van der Waals surface area (Å²) in [6.45, 7) is 5.65. The fourth-order valence-electron chi connectivity index (χ4n) is 4.85. The Balaban J connectivity index is 1.57. The second-order valence-corrected chi connectivity index (χ2v) is 9.66. The van der Waals surface area contributed by atoms with E-state index in [1.165, 1.54) is 23.1 Å². The Labute approximate surface area is 209 Å². The van der Waals surface area contributed by atoms with Gasteiger partial charge in [0.25, 0.3) is 0 Å². The summed E-state index contributed by atoms with van der Waals surface area (Å²) in [5.74, 6) is 0.531. The molecule has 1 atom stereocenters. The monoisotopic (exact) mass is 473 g/mol. The zero-order valence-corrected chi connectivity index (χ0v) is 21.3. The van der Waals surface area contributed by atoms with Gasteiger partial charge in [-0.2, -0.15) is 0 Å². The molecule has 2 heterocycles. The van der Waals surface area contributed by atoms with Crippen LogP contribution in [0.15, 0.2) is 59.4 Å². The van der Waals surface area contributed by atoms with Crippen molar-refractivity contribution in [3.63, 3.8) is 0 Å². The zero-order chi connectivity index (χ0) is 24.5. The Morgan fingerprint density at radius 2 is 1.49 bits per heavy atom. The number of benzene rings is 2. The highest BCUT2D eigenvalue weighted by molar-refractivity contribution is 5.66. The molecule has 1 aliphatic heterocycles. The Morgan fingerprint density at radius 1 is 0.857 bits per heavy atom. The maximum Gasteiger partial charge on any atom is 0.194 e. The Morgan fingerprint density at radius 3 is 2.09 bits per heavy atom. The van der Waals surface area contributed by atoms with E-state index in [9.17, 15) is 4.79 Å². The van der Waals surface area contributed by atoms with Crippen molar-refractivity contribution < 1.29 is 9.47 Å². The molecule has 4 rings (SSSR count). The number of pyridine rings is 1. The van der Waals surface area contributed by atoms with Crippen LogP contribution in [0.4, 0.5) is 0 Å². The number of aromatic amines is 1. The standard InChI is InChI=1S/C31H39NO3/c1-3-7-23-10-12-25(13-11-23)16-19-28-31(26-17-14-24(8-4-2)15-18-26)29(33)21-30(32-28)35-22-27-9-5-6-20-34-27/h10-15,17-18,21,27H,3-9,16,19-20,22H2,1-2H3,(H,32,33). The number of H-pyrrole nitrogens is 1. The first-order chi connectivity index (χ1) is 17.2. The minimum absolute atomic E-state index is 0.000141. The van der Waals surface area contributed by atoms with Crippen molar-refractivity contribution in [1.82, 2.24) is 4.98 Å². The summed E-state index contributed by atoms with van der Waals surface area (Å²) in [4.78, 5) is 16.8. The van der Waals surface area contributed by atoms with Gasteiger partial charge in [0.05, 0.1) is 6.10 Å². The third-order valence-electron chi connectivity index (χ3n) is 6.79. The van der Waals surface area contributed by atoms with Crippen molar-refractivity contribution >= 4 is 0 Å². The minimum atomic E-state index is -0.000141. The lowest BCUT2D eigenvalue weighted by atomic mass is 9.97. The van der Waals surface area contributed by atoms with E-state index in [0.717, 1.165) is 74.8 Å². The van der Waals surface area contributed by atoms with E-state index in [2.05, 4.69) is 67.4 Å². The number of ether oxygens (including phenoxy) is 2. The van der Waals surface area contributed by atoms with Gasteiger partial charge in [0.2, 0.25) is 0 Å². The fourth-order valence-corrected chi connectivity index (χ4v) is 4.85. The van der Waals surface area contributed by atoms with Gasteiger partial charge in [0.15, 0.2) is 11.3 Å². The summed E-state index contributed by atoms with van der Waals surface area (Å²) in [7, 11) is 0. The lowest BCUT2D eigenvalue weighted by molar-refractivity contribution is -0.0119. The van der Waals surface area contributed by atoms with Gasteiger partial charge >= 0.3 is 0 Å². The largest absolute Gasteiger partial charge is 0.476 e. The van der Waals surface area contributed by atoms with Gasteiger partial charge in [0, 0.05) is 23.9 Å². The molecule has 4 nitrogen and oxygen atoms in total. The average molecular weight is 474 g/mol. The SMILES string of the molecule is CCCc1ccc(CCc2[nH]c(OCC3CCCCO3)cc(=O)c2-c2ccc(CCC)cc2)cc1. The third kappa shape index (κ3) is 7.08. The summed E-state index contributed by atoms with van der Waals surface area (Å²) in [6.07, 6.45) is 9.41. The summed E-state index contributed by atoms with van der Waals surface area (Å²) >= 11 is 0. The van der Waals surface area contributed by atoms with E-state index >= 15 is 0 Å². The van der Waals surface area contributed by atoms with Gasteiger partial charge in [-0.15, -0.1) is 0 Å². The van der Waals surface area contributed by atoms with Crippen LogP contribution in [0.2, 0.25) is 0 Å². The van der Waals surface area contributed by atoms with Crippen molar-refractivity contribution in [2.24, 2.45) is 0 Å². The number of aromatic nitrogens is 1. The van der Waals surface area contributed by atoms with E-state index in [-0.39, 0.29) is 11.5 Å². The molecule has 0 bridgehead atoms. The zero-order valence-electron chi connectivity index (χ0n) is 21.3. The van der Waals surface area contributed by atoms with Crippen LogP contribution in [0.25, 0.3) is 11.1 Å². The predicted octanol–water partition coefficient (Wildman–Crippen LogP) is 6.68. The highest BCUT2D eigenvalue weighted by atomic mass is 16.5. The maximum atomic E-state index is 13.3. The quantitative estimate of drug-likeness (QED) is 0.338. The first-order valence-corrected chi connectivity index (χ1v) is 13.3. The molecule has 2 aromatic carbocycles. The van der Waals surface area contributed by atoms with E-state index in [4.69, 9.17) is 9.47 Å². The predicted molar refractivity (Wildman–Crippen MR) is 143 cm³/mol. The van der Waals surface area contributed by atoms with Gasteiger partial charge in [-0.3, -0.25) is 4.79 Å². The van der Waals surface area contributed by atoms with Crippen LogP contribution in [-0.2, 0) is 30.4 Å². The molecule has 3 aromatic rings. The van der Waals surface area contributed by atoms with Gasteiger partial charge in [0.1, 0.15) is 6.61 Å². The topological polar surface area (TPSA) is 51.3 Å². The highest BCUT2D eigenvalue weighted by Crippen LogP contribution is 2.24. The molecule has 1 fully saturated rings.